The van der Waals surface area contributed by atoms with Gasteiger partial charge in [-0.2, -0.15) is 23.3 Å². The Kier molecular flexibility index (Phi) is 7.47. The minimum absolute atomic E-state index is 0.138. The summed E-state index contributed by atoms with van der Waals surface area (Å²) in [5.41, 5.74) is 3.07. The summed E-state index contributed by atoms with van der Waals surface area (Å²) < 4.78 is 43.9. The van der Waals surface area contributed by atoms with Crippen molar-refractivity contribution in [1.29, 1.82) is 0 Å². The van der Waals surface area contributed by atoms with Crippen molar-refractivity contribution in [2.75, 3.05) is 49.6 Å². The zero-order valence-corrected chi connectivity index (χ0v) is 19.3. The van der Waals surface area contributed by atoms with Crippen LogP contribution in [0.15, 0.2) is 18.3 Å². The summed E-state index contributed by atoms with van der Waals surface area (Å²) >= 11 is 0. The highest BCUT2D eigenvalue weighted by molar-refractivity contribution is 5.90. The summed E-state index contributed by atoms with van der Waals surface area (Å²) in [7, 11) is 0. The number of alkyl halides is 3. The molecule has 0 bridgehead atoms. The molecule has 3 aromatic heterocycles. The Balaban J connectivity index is 1.72. The van der Waals surface area contributed by atoms with E-state index < -0.39 is 12.8 Å². The topological polar surface area (TPSA) is 93.0 Å². The van der Waals surface area contributed by atoms with Crippen molar-refractivity contribution in [3.63, 3.8) is 0 Å². The van der Waals surface area contributed by atoms with Gasteiger partial charge < -0.3 is 20.3 Å². The van der Waals surface area contributed by atoms with Crippen LogP contribution in [-0.4, -0.2) is 70.3 Å². The number of nitrogens with zero attached hydrogens (tertiary/aromatic N) is 6. The molecule has 3 aromatic rings. The summed E-state index contributed by atoms with van der Waals surface area (Å²) in [6.07, 6.45) is -1.03. The van der Waals surface area contributed by atoms with Gasteiger partial charge in [0.15, 0.2) is 5.82 Å². The second kappa shape index (κ2) is 10.5. The van der Waals surface area contributed by atoms with Crippen LogP contribution in [0.2, 0.25) is 0 Å². The van der Waals surface area contributed by atoms with Crippen LogP contribution in [0.25, 0.3) is 11.0 Å². The van der Waals surface area contributed by atoms with E-state index in [-0.39, 0.29) is 13.2 Å². The molecule has 184 valence electrons. The molecular weight excluding hydrogens is 449 g/mol. The average molecular weight is 479 g/mol. The molecule has 1 aliphatic heterocycles. The maximum absolute atomic E-state index is 12.5. The van der Waals surface area contributed by atoms with Gasteiger partial charge in [0.1, 0.15) is 23.5 Å². The van der Waals surface area contributed by atoms with E-state index in [1.54, 1.807) is 10.9 Å². The molecular formula is C22H29F3N8O. The molecule has 4 rings (SSSR count). The van der Waals surface area contributed by atoms with Gasteiger partial charge in [-0.3, -0.25) is 4.68 Å². The maximum atomic E-state index is 12.5. The van der Waals surface area contributed by atoms with Crippen molar-refractivity contribution in [3.8, 4) is 0 Å². The Bertz CT molecular complexity index is 1090. The predicted molar refractivity (Wildman–Crippen MR) is 124 cm³/mol. The Morgan fingerprint density at radius 1 is 1.18 bits per heavy atom. The molecule has 0 aliphatic carbocycles. The third kappa shape index (κ3) is 5.92. The van der Waals surface area contributed by atoms with Crippen molar-refractivity contribution < 1.29 is 17.9 Å². The first-order valence-electron chi connectivity index (χ1n) is 11.4. The largest absolute Gasteiger partial charge is 0.411 e. The van der Waals surface area contributed by atoms with Gasteiger partial charge >= 0.3 is 6.18 Å². The summed E-state index contributed by atoms with van der Waals surface area (Å²) in [4.78, 5) is 16.2. The molecule has 0 amide bonds. The lowest BCUT2D eigenvalue weighted by molar-refractivity contribution is -0.174. The number of halogens is 3. The van der Waals surface area contributed by atoms with E-state index >= 15 is 0 Å². The second-order valence-corrected chi connectivity index (χ2v) is 8.20. The molecule has 4 heterocycles. The second-order valence-electron chi connectivity index (χ2n) is 8.20. The molecule has 0 spiro atoms. The molecule has 1 aliphatic rings. The van der Waals surface area contributed by atoms with Crippen LogP contribution >= 0.6 is 0 Å². The lowest BCUT2D eigenvalue weighted by Crippen LogP contribution is -2.29. The van der Waals surface area contributed by atoms with Gasteiger partial charge in [0.25, 0.3) is 0 Å². The first kappa shape index (κ1) is 24.1. The van der Waals surface area contributed by atoms with Crippen LogP contribution in [0.3, 0.4) is 0 Å². The molecule has 0 aromatic carbocycles. The fourth-order valence-corrected chi connectivity index (χ4v) is 3.81. The molecule has 0 unspecified atom stereocenters. The third-order valence-electron chi connectivity index (χ3n) is 5.47. The lowest BCUT2D eigenvalue weighted by Gasteiger charge is -2.21. The van der Waals surface area contributed by atoms with Crippen molar-refractivity contribution in [1.82, 2.24) is 30.0 Å². The number of rotatable bonds is 8. The Labute approximate surface area is 195 Å². The summed E-state index contributed by atoms with van der Waals surface area (Å²) in [5, 5.41) is 11.3. The minimum Gasteiger partial charge on any atom is -0.370 e. The fraction of sp³-hybridized carbons (Fsp3) is 0.545. The van der Waals surface area contributed by atoms with Crippen molar-refractivity contribution in [2.24, 2.45) is 0 Å². The van der Waals surface area contributed by atoms with Crippen molar-refractivity contribution in [3.05, 3.63) is 29.6 Å². The number of nitrogens with one attached hydrogen (secondary N) is 2. The lowest BCUT2D eigenvalue weighted by atomic mass is 10.2. The zero-order chi connectivity index (χ0) is 24.1. The van der Waals surface area contributed by atoms with E-state index in [0.29, 0.717) is 35.0 Å². The van der Waals surface area contributed by atoms with Gasteiger partial charge in [-0.1, -0.05) is 13.0 Å². The number of pyridine rings is 1. The Morgan fingerprint density at radius 2 is 2.03 bits per heavy atom. The number of anilines is 3. The quantitative estimate of drug-likeness (QED) is 0.477. The van der Waals surface area contributed by atoms with Gasteiger partial charge in [-0.15, -0.1) is 0 Å². The first-order valence-corrected chi connectivity index (χ1v) is 11.4. The van der Waals surface area contributed by atoms with Crippen LogP contribution in [0, 0.1) is 6.92 Å². The molecule has 0 saturated carbocycles. The number of ether oxygens (including phenoxy) is 1. The highest BCUT2D eigenvalue weighted by atomic mass is 19.4. The third-order valence-corrected chi connectivity index (χ3v) is 5.47. The predicted octanol–water partition coefficient (Wildman–Crippen LogP) is 3.21. The number of fused-ring (bicyclic) bond motifs is 1. The highest BCUT2D eigenvalue weighted by Gasteiger charge is 2.27. The van der Waals surface area contributed by atoms with E-state index in [9.17, 15) is 13.2 Å². The van der Waals surface area contributed by atoms with Crippen LogP contribution in [-0.2, 0) is 17.7 Å². The molecule has 1 saturated heterocycles. The van der Waals surface area contributed by atoms with Gasteiger partial charge in [0.2, 0.25) is 5.95 Å². The number of hydrogen-bond donors (Lipinski definition) is 2. The van der Waals surface area contributed by atoms with Gasteiger partial charge in [-0.25, -0.2) is 9.97 Å². The zero-order valence-electron chi connectivity index (χ0n) is 19.3. The summed E-state index contributed by atoms with van der Waals surface area (Å²) in [6, 6.07) is 3.79. The van der Waals surface area contributed by atoms with Gasteiger partial charge in [0, 0.05) is 25.8 Å². The number of aryl methyl sites for hydroxylation is 2. The van der Waals surface area contributed by atoms with Crippen molar-refractivity contribution in [2.45, 2.75) is 39.4 Å². The summed E-state index contributed by atoms with van der Waals surface area (Å²) in [6.45, 7) is 5.99. The molecule has 12 heteroatoms. The highest BCUT2D eigenvalue weighted by Crippen LogP contribution is 2.29. The smallest absolute Gasteiger partial charge is 0.370 e. The first-order chi connectivity index (χ1) is 16.3. The Morgan fingerprint density at radius 3 is 2.76 bits per heavy atom. The van der Waals surface area contributed by atoms with E-state index in [0.717, 1.165) is 43.9 Å². The molecule has 34 heavy (non-hydrogen) atoms. The van der Waals surface area contributed by atoms with Crippen LogP contribution in [0.5, 0.6) is 0 Å². The van der Waals surface area contributed by atoms with Gasteiger partial charge in [0.05, 0.1) is 18.8 Å². The van der Waals surface area contributed by atoms with E-state index in [1.165, 1.54) is 0 Å². The fourth-order valence-electron chi connectivity index (χ4n) is 3.81. The molecule has 0 atom stereocenters. The maximum Gasteiger partial charge on any atom is 0.411 e. The van der Waals surface area contributed by atoms with Gasteiger partial charge in [-0.05, 0) is 37.9 Å². The normalized spacial score (nSPS) is 15.0. The van der Waals surface area contributed by atoms with E-state index in [2.05, 4.69) is 25.6 Å². The molecule has 0 radical (unpaired) electrons. The number of hydrogen-bond acceptors (Lipinski definition) is 8. The Hall–Kier alpha value is -2.99. The molecule has 2 N–H and O–H groups in total. The standard InChI is InChI=1S/C22H29F3N8O/c1-3-16-18-19(33(31-16)11-12-34-14-22(23,24)25)20(28-17-6-5-15(2)13-27-17)30-21(29-18)32-9-4-7-26-8-10-32/h5-6,13,26H,3-4,7-12,14H2,1-2H3,(H,27,28,29,30). The van der Waals surface area contributed by atoms with E-state index in [1.807, 2.05) is 26.0 Å². The van der Waals surface area contributed by atoms with Crippen LogP contribution in [0.1, 0.15) is 24.6 Å². The van der Waals surface area contributed by atoms with Crippen LogP contribution in [0.4, 0.5) is 30.8 Å². The van der Waals surface area contributed by atoms with Crippen molar-refractivity contribution >= 4 is 28.6 Å². The average Bonchev–Trinajstić information content (AvgIpc) is 2.96. The SMILES string of the molecule is CCc1nn(CCOCC(F)(F)F)c2c(Nc3ccc(C)cn3)nc(N3CCCNCC3)nc12. The molecule has 1 fully saturated rings. The monoisotopic (exact) mass is 478 g/mol. The molecule has 9 nitrogen and oxygen atoms in total. The van der Waals surface area contributed by atoms with Crippen LogP contribution < -0.4 is 15.5 Å². The summed E-state index contributed by atoms with van der Waals surface area (Å²) in [5.74, 6) is 1.71. The van der Waals surface area contributed by atoms with E-state index in [4.69, 9.17) is 14.7 Å². The number of aromatic nitrogens is 5. The minimum atomic E-state index is -4.37.